The second-order valence-corrected chi connectivity index (χ2v) is 9.41. The Morgan fingerprint density at radius 2 is 1.97 bits per heavy atom. The molecule has 0 radical (unpaired) electrons. The molecule has 166 valence electrons. The molecule has 6 nitrogen and oxygen atoms in total. The van der Waals surface area contributed by atoms with Gasteiger partial charge in [-0.2, -0.15) is 4.98 Å². The van der Waals surface area contributed by atoms with E-state index < -0.39 is 0 Å². The smallest absolute Gasteiger partial charge is 0.348 e. The maximum Gasteiger partial charge on any atom is 0.348 e. The monoisotopic (exact) mass is 449 g/mol. The number of benzene rings is 2. The normalized spacial score (nSPS) is 17.9. The number of fused-ring (bicyclic) bond motifs is 2. The van der Waals surface area contributed by atoms with Gasteiger partial charge in [-0.3, -0.25) is 9.36 Å². The molecule has 1 aromatic heterocycles. The van der Waals surface area contributed by atoms with Crippen LogP contribution >= 0.6 is 11.8 Å². The number of ether oxygens (including phenoxy) is 1. The van der Waals surface area contributed by atoms with Crippen LogP contribution in [-0.2, 0) is 28.9 Å². The average Bonchev–Trinajstić information content (AvgIpc) is 3.33. The Kier molecular flexibility index (Phi) is 6.28. The van der Waals surface area contributed by atoms with E-state index in [9.17, 15) is 9.59 Å². The van der Waals surface area contributed by atoms with Crippen LogP contribution in [-0.4, -0.2) is 33.9 Å². The van der Waals surface area contributed by atoms with Crippen LogP contribution in [0.25, 0.3) is 10.8 Å². The molecule has 1 N–H and O–H groups in total. The molecule has 0 saturated carbocycles. The summed E-state index contributed by atoms with van der Waals surface area (Å²) in [7, 11) is 0. The summed E-state index contributed by atoms with van der Waals surface area (Å²) >= 11 is 1.37. The minimum absolute atomic E-state index is 0.0961. The lowest BCUT2D eigenvalue weighted by Crippen LogP contribution is -2.34. The van der Waals surface area contributed by atoms with Crippen LogP contribution in [0.4, 0.5) is 5.69 Å². The fraction of sp³-hybridized carbons (Fsp3) is 0.400. The molecule has 0 unspecified atom stereocenters. The molecule has 1 saturated heterocycles. The summed E-state index contributed by atoms with van der Waals surface area (Å²) in [5.41, 5.74) is 2.80. The largest absolute Gasteiger partial charge is 0.376 e. The van der Waals surface area contributed by atoms with Crippen molar-refractivity contribution in [3.63, 3.8) is 0 Å². The fourth-order valence-electron chi connectivity index (χ4n) is 4.70. The van der Waals surface area contributed by atoms with Gasteiger partial charge in [0.1, 0.15) is 5.03 Å². The average molecular weight is 450 g/mol. The van der Waals surface area contributed by atoms with Crippen molar-refractivity contribution in [1.82, 2.24) is 9.55 Å². The van der Waals surface area contributed by atoms with Gasteiger partial charge in [0.15, 0.2) is 0 Å². The molecular weight excluding hydrogens is 422 g/mol. The van der Waals surface area contributed by atoms with E-state index in [0.717, 1.165) is 72.8 Å². The van der Waals surface area contributed by atoms with E-state index in [-0.39, 0.29) is 23.5 Å². The maximum atomic E-state index is 12.9. The van der Waals surface area contributed by atoms with E-state index in [0.29, 0.717) is 11.6 Å². The van der Waals surface area contributed by atoms with E-state index in [1.807, 2.05) is 47.0 Å². The molecule has 1 atom stereocenters. The van der Waals surface area contributed by atoms with Gasteiger partial charge < -0.3 is 10.1 Å². The zero-order chi connectivity index (χ0) is 21.9. The van der Waals surface area contributed by atoms with E-state index in [2.05, 4.69) is 10.3 Å². The number of carbonyl (C=O) groups excluding carboxylic acids is 1. The topological polar surface area (TPSA) is 73.2 Å². The van der Waals surface area contributed by atoms with Gasteiger partial charge in [0.25, 0.3) is 0 Å². The van der Waals surface area contributed by atoms with Crippen LogP contribution in [0.5, 0.6) is 0 Å². The maximum absolute atomic E-state index is 12.9. The van der Waals surface area contributed by atoms with Gasteiger partial charge in [0, 0.05) is 28.9 Å². The third-order valence-electron chi connectivity index (χ3n) is 6.26. The number of hydrogen-bond donors (Lipinski definition) is 1. The molecule has 2 aliphatic rings. The molecule has 5 rings (SSSR count). The van der Waals surface area contributed by atoms with Gasteiger partial charge in [0.2, 0.25) is 5.91 Å². The number of carbonyl (C=O) groups is 1. The second-order valence-electron chi connectivity index (χ2n) is 8.44. The molecule has 32 heavy (non-hydrogen) atoms. The van der Waals surface area contributed by atoms with Gasteiger partial charge in [-0.05, 0) is 50.0 Å². The zero-order valence-electron chi connectivity index (χ0n) is 18.0. The van der Waals surface area contributed by atoms with Gasteiger partial charge >= 0.3 is 5.69 Å². The number of rotatable bonds is 6. The van der Waals surface area contributed by atoms with Crippen molar-refractivity contribution < 1.29 is 9.53 Å². The highest BCUT2D eigenvalue weighted by molar-refractivity contribution is 8.00. The molecule has 3 aromatic rings. The van der Waals surface area contributed by atoms with Crippen molar-refractivity contribution in [3.8, 4) is 0 Å². The molecule has 1 aliphatic carbocycles. The van der Waals surface area contributed by atoms with Crippen molar-refractivity contribution in [2.45, 2.75) is 56.2 Å². The number of thioether (sulfide) groups is 1. The second kappa shape index (κ2) is 9.46. The predicted octanol–water partition coefficient (Wildman–Crippen LogP) is 4.19. The summed E-state index contributed by atoms with van der Waals surface area (Å²) in [5, 5.41) is 5.83. The summed E-state index contributed by atoms with van der Waals surface area (Å²) in [4.78, 5) is 30.0. The lowest BCUT2D eigenvalue weighted by atomic mass is 9.97. The lowest BCUT2D eigenvalue weighted by molar-refractivity contribution is -0.113. The van der Waals surface area contributed by atoms with Gasteiger partial charge in [-0.15, -0.1) is 0 Å². The number of hydrogen-bond acceptors (Lipinski definition) is 5. The molecule has 2 heterocycles. The van der Waals surface area contributed by atoms with Crippen molar-refractivity contribution in [3.05, 3.63) is 64.2 Å². The summed E-state index contributed by atoms with van der Waals surface area (Å²) in [6.45, 7) is 1.36. The first-order valence-electron chi connectivity index (χ1n) is 11.3. The third-order valence-corrected chi connectivity index (χ3v) is 7.28. The summed E-state index contributed by atoms with van der Waals surface area (Å²) in [6.07, 6.45) is 6.10. The fourth-order valence-corrected chi connectivity index (χ4v) is 5.58. The highest BCUT2D eigenvalue weighted by atomic mass is 32.2. The van der Waals surface area contributed by atoms with Crippen molar-refractivity contribution in [2.24, 2.45) is 0 Å². The first kappa shape index (κ1) is 21.2. The molecule has 0 bridgehead atoms. The van der Waals surface area contributed by atoms with E-state index in [4.69, 9.17) is 4.74 Å². The standard InChI is InChI=1S/C25H27N3O3S/c29-23(26-21-12-5-8-17-7-1-2-10-19(17)21)16-32-24-20-11-3-4-13-22(20)28(25(30)27-24)15-18-9-6-14-31-18/h1-2,5,7-8,10,12,18H,3-4,6,9,11,13-16H2,(H,26,29)/t18-/m1/s1. The van der Waals surface area contributed by atoms with Gasteiger partial charge in [0.05, 0.1) is 18.4 Å². The highest BCUT2D eigenvalue weighted by Gasteiger charge is 2.24. The lowest BCUT2D eigenvalue weighted by Gasteiger charge is -2.24. The number of amides is 1. The molecule has 1 amide bonds. The van der Waals surface area contributed by atoms with Crippen molar-refractivity contribution >= 4 is 34.1 Å². The minimum atomic E-state index is -0.224. The van der Waals surface area contributed by atoms with Gasteiger partial charge in [-0.25, -0.2) is 4.79 Å². The first-order chi connectivity index (χ1) is 15.7. The van der Waals surface area contributed by atoms with E-state index in [1.54, 1.807) is 0 Å². The Morgan fingerprint density at radius 3 is 2.84 bits per heavy atom. The quantitative estimate of drug-likeness (QED) is 0.451. The first-order valence-corrected chi connectivity index (χ1v) is 12.3. The SMILES string of the molecule is O=C(CSc1nc(=O)n(C[C@H]2CCCO2)c2c1CCCC2)Nc1cccc2ccccc12. The van der Waals surface area contributed by atoms with E-state index in [1.165, 1.54) is 11.8 Å². The Hall–Kier alpha value is -2.64. The highest BCUT2D eigenvalue weighted by Crippen LogP contribution is 2.30. The number of anilines is 1. The molecule has 2 aromatic carbocycles. The third kappa shape index (κ3) is 4.45. The predicted molar refractivity (Wildman–Crippen MR) is 127 cm³/mol. The summed E-state index contributed by atoms with van der Waals surface area (Å²) in [6, 6.07) is 13.9. The Morgan fingerprint density at radius 1 is 1.12 bits per heavy atom. The number of aromatic nitrogens is 2. The van der Waals surface area contributed by atoms with Crippen LogP contribution in [0, 0.1) is 0 Å². The number of nitrogens with zero attached hydrogens (tertiary/aromatic N) is 2. The number of nitrogens with one attached hydrogen (secondary N) is 1. The van der Waals surface area contributed by atoms with Crippen LogP contribution in [0.3, 0.4) is 0 Å². The minimum Gasteiger partial charge on any atom is -0.376 e. The molecule has 1 fully saturated rings. The molecular formula is C25H27N3O3S. The van der Waals surface area contributed by atoms with Crippen LogP contribution < -0.4 is 11.0 Å². The van der Waals surface area contributed by atoms with Crippen LogP contribution in [0.2, 0.25) is 0 Å². The Labute approximate surface area is 191 Å². The zero-order valence-corrected chi connectivity index (χ0v) is 18.8. The Bertz CT molecular complexity index is 1200. The van der Waals surface area contributed by atoms with Gasteiger partial charge in [-0.1, -0.05) is 48.2 Å². The summed E-state index contributed by atoms with van der Waals surface area (Å²) in [5.74, 6) is 0.124. The molecule has 0 spiro atoms. The van der Waals surface area contributed by atoms with Crippen molar-refractivity contribution in [2.75, 3.05) is 17.7 Å². The summed E-state index contributed by atoms with van der Waals surface area (Å²) < 4.78 is 7.58. The molecule has 7 heteroatoms. The molecule has 1 aliphatic heterocycles. The van der Waals surface area contributed by atoms with Crippen LogP contribution in [0.15, 0.2) is 52.3 Å². The Balaban J connectivity index is 1.33. The van der Waals surface area contributed by atoms with E-state index >= 15 is 0 Å². The van der Waals surface area contributed by atoms with Crippen LogP contribution in [0.1, 0.15) is 36.9 Å². The van der Waals surface area contributed by atoms with Crippen molar-refractivity contribution in [1.29, 1.82) is 0 Å².